The Balaban J connectivity index is 2.02. The van der Waals surface area contributed by atoms with Crippen LogP contribution in [-0.2, 0) is 4.79 Å². The molecule has 5 heteroatoms. The molecule has 0 saturated heterocycles. The van der Waals surface area contributed by atoms with E-state index in [-0.39, 0.29) is 16.7 Å². The predicted molar refractivity (Wildman–Crippen MR) is 133 cm³/mol. The standard InChI is InChI=1S/C30H20O5/c31-26(32)17-16-20-18-24(28(33)21-10-4-1-5-11-21)27(30(35)23-14-8-3-9-15-23)25(19-20)29(34)22-12-6-2-7-13-22/h1-19H,(H,31,32). The van der Waals surface area contributed by atoms with E-state index in [4.69, 9.17) is 5.11 Å². The van der Waals surface area contributed by atoms with Gasteiger partial charge in [0.05, 0.1) is 0 Å². The minimum atomic E-state index is -1.18. The molecule has 0 amide bonds. The first-order valence-corrected chi connectivity index (χ1v) is 10.8. The van der Waals surface area contributed by atoms with Gasteiger partial charge in [0, 0.05) is 39.5 Å². The molecule has 0 spiro atoms. The number of carboxylic acid groups (broad SMARTS) is 1. The molecule has 0 heterocycles. The van der Waals surface area contributed by atoms with Crippen molar-refractivity contribution in [1.82, 2.24) is 0 Å². The highest BCUT2D eigenvalue weighted by Crippen LogP contribution is 2.27. The van der Waals surface area contributed by atoms with Gasteiger partial charge in [-0.15, -0.1) is 0 Å². The number of hydrogen-bond donors (Lipinski definition) is 1. The first-order valence-electron chi connectivity index (χ1n) is 10.8. The smallest absolute Gasteiger partial charge is 0.328 e. The van der Waals surface area contributed by atoms with Crippen molar-refractivity contribution in [3.63, 3.8) is 0 Å². The molecular formula is C30H20O5. The number of hydrogen-bond acceptors (Lipinski definition) is 4. The van der Waals surface area contributed by atoms with Gasteiger partial charge in [-0.05, 0) is 23.8 Å². The summed E-state index contributed by atoms with van der Waals surface area (Å²) in [7, 11) is 0. The lowest BCUT2D eigenvalue weighted by molar-refractivity contribution is -0.131. The zero-order valence-electron chi connectivity index (χ0n) is 18.5. The van der Waals surface area contributed by atoms with E-state index in [9.17, 15) is 19.2 Å². The molecule has 0 aromatic heterocycles. The fraction of sp³-hybridized carbons (Fsp3) is 0. The summed E-state index contributed by atoms with van der Waals surface area (Å²) in [6, 6.07) is 28.2. The lowest BCUT2D eigenvalue weighted by atomic mass is 9.85. The molecule has 1 N–H and O–H groups in total. The van der Waals surface area contributed by atoms with E-state index in [2.05, 4.69) is 0 Å². The Morgan fingerprint density at radius 1 is 0.543 bits per heavy atom. The molecule has 0 aliphatic carbocycles. The summed E-state index contributed by atoms with van der Waals surface area (Å²) in [5, 5.41) is 9.10. The zero-order chi connectivity index (χ0) is 24.8. The second-order valence-corrected chi connectivity index (χ2v) is 7.75. The van der Waals surface area contributed by atoms with Gasteiger partial charge in [-0.25, -0.2) is 4.79 Å². The summed E-state index contributed by atoms with van der Waals surface area (Å²) in [6.07, 6.45) is 2.21. The summed E-state index contributed by atoms with van der Waals surface area (Å²) in [6.45, 7) is 0. The maximum Gasteiger partial charge on any atom is 0.328 e. The van der Waals surface area contributed by atoms with Crippen molar-refractivity contribution >= 4 is 29.4 Å². The van der Waals surface area contributed by atoms with Crippen LogP contribution in [-0.4, -0.2) is 28.4 Å². The highest BCUT2D eigenvalue weighted by molar-refractivity contribution is 6.25. The summed E-state index contributed by atoms with van der Waals surface area (Å²) in [5.74, 6) is -2.55. The molecule has 0 aliphatic heterocycles. The summed E-state index contributed by atoms with van der Waals surface area (Å²) >= 11 is 0. The maximum atomic E-state index is 13.7. The fourth-order valence-electron chi connectivity index (χ4n) is 3.75. The van der Waals surface area contributed by atoms with Crippen LogP contribution in [0.3, 0.4) is 0 Å². The Kier molecular flexibility index (Phi) is 6.88. The van der Waals surface area contributed by atoms with E-state index in [1.165, 1.54) is 18.2 Å². The van der Waals surface area contributed by atoms with Gasteiger partial charge in [-0.1, -0.05) is 91.0 Å². The van der Waals surface area contributed by atoms with Crippen molar-refractivity contribution in [2.75, 3.05) is 0 Å². The molecule has 0 aliphatic rings. The average molecular weight is 460 g/mol. The maximum absolute atomic E-state index is 13.7. The Labute approximate surface area is 202 Å². The third-order valence-corrected chi connectivity index (χ3v) is 5.40. The molecule has 4 aromatic rings. The number of rotatable bonds is 8. The third-order valence-electron chi connectivity index (χ3n) is 5.40. The molecule has 0 saturated carbocycles. The van der Waals surface area contributed by atoms with Gasteiger partial charge in [0.15, 0.2) is 17.3 Å². The summed E-state index contributed by atoms with van der Waals surface area (Å²) in [5.41, 5.74) is 1.35. The topological polar surface area (TPSA) is 88.5 Å². The Bertz CT molecular complexity index is 1360. The first-order chi connectivity index (χ1) is 17.0. The second-order valence-electron chi connectivity index (χ2n) is 7.75. The normalized spacial score (nSPS) is 10.7. The van der Waals surface area contributed by atoms with E-state index in [0.29, 0.717) is 22.3 Å². The lowest BCUT2D eigenvalue weighted by Crippen LogP contribution is -2.18. The molecule has 5 nitrogen and oxygen atoms in total. The van der Waals surface area contributed by atoms with Gasteiger partial charge in [0.1, 0.15) is 0 Å². The average Bonchev–Trinajstić information content (AvgIpc) is 2.91. The van der Waals surface area contributed by atoms with Crippen LogP contribution >= 0.6 is 0 Å². The Hall–Kier alpha value is -4.90. The molecule has 4 aromatic carbocycles. The van der Waals surface area contributed by atoms with Crippen LogP contribution < -0.4 is 0 Å². The molecule has 0 bridgehead atoms. The van der Waals surface area contributed by atoms with Gasteiger partial charge in [0.2, 0.25) is 0 Å². The first kappa shape index (κ1) is 23.3. The summed E-state index contributed by atoms with van der Waals surface area (Å²) < 4.78 is 0. The molecule has 4 rings (SSSR count). The number of benzene rings is 4. The van der Waals surface area contributed by atoms with Gasteiger partial charge in [0.25, 0.3) is 0 Å². The van der Waals surface area contributed by atoms with Crippen LogP contribution in [0.4, 0.5) is 0 Å². The zero-order valence-corrected chi connectivity index (χ0v) is 18.5. The van der Waals surface area contributed by atoms with Crippen LogP contribution in [0.5, 0.6) is 0 Å². The third kappa shape index (κ3) is 5.20. The van der Waals surface area contributed by atoms with Crippen LogP contribution in [0.1, 0.15) is 53.3 Å². The van der Waals surface area contributed by atoms with Crippen LogP contribution in [0.2, 0.25) is 0 Å². The van der Waals surface area contributed by atoms with Gasteiger partial charge in [-0.3, -0.25) is 14.4 Å². The largest absolute Gasteiger partial charge is 0.478 e. The van der Waals surface area contributed by atoms with Crippen LogP contribution in [0, 0.1) is 0 Å². The van der Waals surface area contributed by atoms with Crippen LogP contribution in [0.25, 0.3) is 6.08 Å². The molecule has 0 unspecified atom stereocenters. The second kappa shape index (κ2) is 10.4. The minimum absolute atomic E-state index is 0.0219. The number of carboxylic acids is 1. The molecule has 170 valence electrons. The van der Waals surface area contributed by atoms with E-state index >= 15 is 0 Å². The van der Waals surface area contributed by atoms with Gasteiger partial charge < -0.3 is 5.11 Å². The van der Waals surface area contributed by atoms with E-state index in [1.807, 2.05) is 0 Å². The molecule has 0 atom stereocenters. The summed E-state index contributed by atoms with van der Waals surface area (Å²) in [4.78, 5) is 52.1. The van der Waals surface area contributed by atoms with E-state index < -0.39 is 23.3 Å². The van der Waals surface area contributed by atoms with Crippen molar-refractivity contribution < 1.29 is 24.3 Å². The number of carbonyl (C=O) groups excluding carboxylic acids is 3. The van der Waals surface area contributed by atoms with Gasteiger partial charge >= 0.3 is 5.97 Å². The Morgan fingerprint density at radius 2 is 0.914 bits per heavy atom. The van der Waals surface area contributed by atoms with Crippen molar-refractivity contribution in [3.05, 3.63) is 148 Å². The molecular weight excluding hydrogens is 440 g/mol. The highest BCUT2D eigenvalue weighted by atomic mass is 16.4. The number of ketones is 3. The number of aliphatic carboxylic acids is 1. The van der Waals surface area contributed by atoms with E-state index in [0.717, 1.165) is 6.08 Å². The minimum Gasteiger partial charge on any atom is -0.478 e. The van der Waals surface area contributed by atoms with Crippen LogP contribution in [0.15, 0.2) is 109 Å². The predicted octanol–water partition coefficient (Wildman–Crippen LogP) is 5.48. The fourth-order valence-corrected chi connectivity index (χ4v) is 3.75. The lowest BCUT2D eigenvalue weighted by Gasteiger charge is -2.15. The van der Waals surface area contributed by atoms with Crippen molar-refractivity contribution in [2.24, 2.45) is 0 Å². The SMILES string of the molecule is O=C(O)C=Cc1cc(C(=O)c2ccccc2)c(C(=O)c2ccccc2)c(C(=O)c2ccccc2)c1. The van der Waals surface area contributed by atoms with Crippen molar-refractivity contribution in [1.29, 1.82) is 0 Å². The van der Waals surface area contributed by atoms with Crippen molar-refractivity contribution in [2.45, 2.75) is 0 Å². The molecule has 35 heavy (non-hydrogen) atoms. The monoisotopic (exact) mass is 460 g/mol. The Morgan fingerprint density at radius 3 is 1.29 bits per heavy atom. The molecule has 0 fully saturated rings. The number of carbonyl (C=O) groups is 4. The van der Waals surface area contributed by atoms with Gasteiger partial charge in [-0.2, -0.15) is 0 Å². The molecule has 0 radical (unpaired) electrons. The quantitative estimate of drug-likeness (QED) is 0.278. The highest BCUT2D eigenvalue weighted by Gasteiger charge is 2.27. The van der Waals surface area contributed by atoms with E-state index in [1.54, 1.807) is 91.0 Å². The van der Waals surface area contributed by atoms with Crippen molar-refractivity contribution in [3.8, 4) is 0 Å².